The van der Waals surface area contributed by atoms with E-state index in [1.165, 1.54) is 0 Å². The second-order valence-corrected chi connectivity index (χ2v) is 2.94. The first-order valence-electron chi connectivity index (χ1n) is 4.65. The first-order valence-corrected chi connectivity index (χ1v) is 4.65. The van der Waals surface area contributed by atoms with E-state index in [2.05, 4.69) is 33.4 Å². The van der Waals surface area contributed by atoms with Crippen LogP contribution in [0.3, 0.4) is 0 Å². The highest BCUT2D eigenvalue weighted by Gasteiger charge is 2.05. The minimum Gasteiger partial charge on any atom is -0.386 e. The Morgan fingerprint density at radius 3 is 0.929 bits per heavy atom. The third-order valence-electron chi connectivity index (χ3n) is 2.24. The van der Waals surface area contributed by atoms with Crippen molar-refractivity contribution in [2.24, 2.45) is 0 Å². The Hall–Kier alpha value is -1.58. The lowest BCUT2D eigenvalue weighted by molar-refractivity contribution is 1.40. The fourth-order valence-corrected chi connectivity index (χ4v) is 1.43. The lowest BCUT2D eigenvalue weighted by atomic mass is 10.2. The Morgan fingerprint density at radius 1 is 0.571 bits per heavy atom. The van der Waals surface area contributed by atoms with E-state index in [1.54, 1.807) is 0 Å². The molecular formula is C10H18N4. The lowest BCUT2D eigenvalue weighted by Crippen LogP contribution is -2.02. The average molecular weight is 194 g/mol. The van der Waals surface area contributed by atoms with Crippen LogP contribution in [0.1, 0.15) is 0 Å². The second-order valence-electron chi connectivity index (χ2n) is 2.94. The van der Waals surface area contributed by atoms with Crippen molar-refractivity contribution >= 4 is 22.7 Å². The number of hydrogen-bond acceptors (Lipinski definition) is 4. The van der Waals surface area contributed by atoms with Crippen LogP contribution in [-0.4, -0.2) is 28.2 Å². The van der Waals surface area contributed by atoms with Gasteiger partial charge in [0, 0.05) is 28.2 Å². The third kappa shape index (κ3) is 1.84. The molecule has 1 rings (SSSR count). The number of nitrogens with one attached hydrogen (secondary N) is 4. The number of benzene rings is 1. The van der Waals surface area contributed by atoms with Crippen molar-refractivity contribution in [3.63, 3.8) is 0 Å². The molecule has 0 aromatic heterocycles. The summed E-state index contributed by atoms with van der Waals surface area (Å²) >= 11 is 0. The lowest BCUT2D eigenvalue weighted by Gasteiger charge is -2.15. The van der Waals surface area contributed by atoms with Gasteiger partial charge in [-0.25, -0.2) is 0 Å². The van der Waals surface area contributed by atoms with Gasteiger partial charge in [-0.3, -0.25) is 0 Å². The first-order chi connectivity index (χ1) is 6.76. The molecular weight excluding hydrogens is 176 g/mol. The molecule has 0 unspecified atom stereocenters. The van der Waals surface area contributed by atoms with Crippen LogP contribution in [0.4, 0.5) is 22.7 Å². The summed E-state index contributed by atoms with van der Waals surface area (Å²) in [6.45, 7) is 0. The Kier molecular flexibility index (Phi) is 3.45. The van der Waals surface area contributed by atoms with Crippen molar-refractivity contribution < 1.29 is 0 Å². The highest BCUT2D eigenvalue weighted by atomic mass is 15.0. The topological polar surface area (TPSA) is 48.1 Å². The van der Waals surface area contributed by atoms with Crippen LogP contribution in [0.2, 0.25) is 0 Å². The maximum absolute atomic E-state index is 3.14. The minimum absolute atomic E-state index is 1.08. The molecule has 0 amide bonds. The van der Waals surface area contributed by atoms with Crippen molar-refractivity contribution in [2.45, 2.75) is 0 Å². The molecule has 0 saturated carbocycles. The molecule has 0 aliphatic rings. The predicted octanol–water partition coefficient (Wildman–Crippen LogP) is 1.85. The monoisotopic (exact) mass is 194 g/mol. The zero-order valence-electron chi connectivity index (χ0n) is 9.15. The van der Waals surface area contributed by atoms with Crippen molar-refractivity contribution in [3.8, 4) is 0 Å². The SMILES string of the molecule is CNc1cc(NC)c(NC)cc1NC. The molecule has 0 aliphatic carbocycles. The van der Waals surface area contributed by atoms with Crippen LogP contribution in [0, 0.1) is 0 Å². The molecule has 4 N–H and O–H groups in total. The molecule has 14 heavy (non-hydrogen) atoms. The van der Waals surface area contributed by atoms with Crippen LogP contribution in [0.15, 0.2) is 12.1 Å². The van der Waals surface area contributed by atoms with E-state index in [1.807, 2.05) is 28.2 Å². The van der Waals surface area contributed by atoms with E-state index in [9.17, 15) is 0 Å². The zero-order chi connectivity index (χ0) is 10.6. The van der Waals surface area contributed by atoms with E-state index < -0.39 is 0 Å². The molecule has 1 aromatic carbocycles. The molecule has 0 bridgehead atoms. The van der Waals surface area contributed by atoms with Crippen LogP contribution < -0.4 is 21.3 Å². The van der Waals surface area contributed by atoms with Gasteiger partial charge in [-0.2, -0.15) is 0 Å². The second kappa shape index (κ2) is 4.60. The maximum Gasteiger partial charge on any atom is 0.0595 e. The van der Waals surface area contributed by atoms with E-state index in [-0.39, 0.29) is 0 Å². The maximum atomic E-state index is 3.14. The number of hydrogen-bond donors (Lipinski definition) is 4. The fourth-order valence-electron chi connectivity index (χ4n) is 1.43. The van der Waals surface area contributed by atoms with Gasteiger partial charge >= 0.3 is 0 Å². The van der Waals surface area contributed by atoms with E-state index in [0.29, 0.717) is 0 Å². The van der Waals surface area contributed by atoms with Crippen molar-refractivity contribution in [2.75, 3.05) is 49.5 Å². The molecule has 0 radical (unpaired) electrons. The summed E-state index contributed by atoms with van der Waals surface area (Å²) in [5.74, 6) is 0. The van der Waals surface area contributed by atoms with Gasteiger partial charge in [-0.05, 0) is 12.1 Å². The van der Waals surface area contributed by atoms with Gasteiger partial charge in [0.2, 0.25) is 0 Å². The molecule has 0 heterocycles. The summed E-state index contributed by atoms with van der Waals surface area (Å²) in [6.07, 6.45) is 0. The van der Waals surface area contributed by atoms with Gasteiger partial charge in [0.15, 0.2) is 0 Å². The summed E-state index contributed by atoms with van der Waals surface area (Å²) < 4.78 is 0. The number of anilines is 4. The third-order valence-corrected chi connectivity index (χ3v) is 2.24. The van der Waals surface area contributed by atoms with Gasteiger partial charge in [0.05, 0.1) is 22.7 Å². The quantitative estimate of drug-likeness (QED) is 0.591. The summed E-state index contributed by atoms with van der Waals surface area (Å²) in [5.41, 5.74) is 4.32. The van der Waals surface area contributed by atoms with Gasteiger partial charge in [0.1, 0.15) is 0 Å². The molecule has 0 fully saturated rings. The van der Waals surface area contributed by atoms with Crippen molar-refractivity contribution in [1.82, 2.24) is 0 Å². The van der Waals surface area contributed by atoms with Crippen LogP contribution in [0.5, 0.6) is 0 Å². The molecule has 4 heteroatoms. The van der Waals surface area contributed by atoms with Gasteiger partial charge in [0.25, 0.3) is 0 Å². The highest BCUT2D eigenvalue weighted by molar-refractivity contribution is 5.83. The summed E-state index contributed by atoms with van der Waals surface area (Å²) in [4.78, 5) is 0. The fraction of sp³-hybridized carbons (Fsp3) is 0.400. The largest absolute Gasteiger partial charge is 0.386 e. The van der Waals surface area contributed by atoms with E-state index in [0.717, 1.165) is 22.7 Å². The van der Waals surface area contributed by atoms with Crippen LogP contribution in [-0.2, 0) is 0 Å². The Balaban J connectivity index is 3.20. The summed E-state index contributed by atoms with van der Waals surface area (Å²) in [5, 5.41) is 12.6. The van der Waals surface area contributed by atoms with Crippen molar-refractivity contribution in [3.05, 3.63) is 12.1 Å². The highest BCUT2D eigenvalue weighted by Crippen LogP contribution is 2.32. The van der Waals surface area contributed by atoms with Crippen molar-refractivity contribution in [1.29, 1.82) is 0 Å². The van der Waals surface area contributed by atoms with Crippen LogP contribution >= 0.6 is 0 Å². The minimum atomic E-state index is 1.08. The molecule has 78 valence electrons. The molecule has 1 aromatic rings. The molecule has 0 saturated heterocycles. The van der Waals surface area contributed by atoms with E-state index in [4.69, 9.17) is 0 Å². The summed E-state index contributed by atoms with van der Waals surface area (Å²) in [6, 6.07) is 4.13. The Morgan fingerprint density at radius 2 is 0.786 bits per heavy atom. The molecule has 0 atom stereocenters. The van der Waals surface area contributed by atoms with E-state index >= 15 is 0 Å². The average Bonchev–Trinajstić information content (AvgIpc) is 2.26. The standard InChI is InChI=1S/C10H18N4/c1-11-7-5-9(13-3)10(14-4)6-8(7)12-2/h5-6,11-14H,1-4H3. The summed E-state index contributed by atoms with van der Waals surface area (Å²) in [7, 11) is 7.65. The smallest absolute Gasteiger partial charge is 0.0595 e. The number of rotatable bonds is 4. The Bertz CT molecular complexity index is 251. The first kappa shape index (κ1) is 10.5. The van der Waals surface area contributed by atoms with Gasteiger partial charge < -0.3 is 21.3 Å². The normalized spacial score (nSPS) is 9.43. The van der Waals surface area contributed by atoms with Gasteiger partial charge in [-0.15, -0.1) is 0 Å². The Labute approximate surface area is 85.1 Å². The zero-order valence-corrected chi connectivity index (χ0v) is 9.15. The molecule has 0 spiro atoms. The molecule has 0 aliphatic heterocycles. The predicted molar refractivity (Wildman–Crippen MR) is 64.6 cm³/mol. The molecule has 4 nitrogen and oxygen atoms in total. The van der Waals surface area contributed by atoms with Crippen LogP contribution in [0.25, 0.3) is 0 Å². The van der Waals surface area contributed by atoms with Gasteiger partial charge in [-0.1, -0.05) is 0 Å².